The molecule has 0 unspecified atom stereocenters. The Morgan fingerprint density at radius 2 is 2.57 bits per heavy atom. The summed E-state index contributed by atoms with van der Waals surface area (Å²) in [7, 11) is 5.48. The third-order valence-electron chi connectivity index (χ3n) is 0.998. The molecule has 0 aliphatic carbocycles. The fourth-order valence-corrected chi connectivity index (χ4v) is 1.42. The molecule has 0 aromatic carbocycles. The monoisotopic (exact) mass is 110 g/mol. The molecule has 0 aromatic heterocycles. The Balaban J connectivity index is 2.40. The van der Waals surface area contributed by atoms with Crippen molar-refractivity contribution in [3.8, 4) is 0 Å². The highest BCUT2D eigenvalue weighted by Crippen LogP contribution is 2.13. The molecule has 2 radical (unpaired) electrons. The number of rotatable bonds is 0. The average Bonchev–Trinajstić information content (AvgIpc) is 1.69. The van der Waals surface area contributed by atoms with Gasteiger partial charge in [0, 0.05) is 5.75 Å². The molecule has 0 N–H and O–H groups in total. The molecule has 1 rings (SSSR count). The molecule has 1 heterocycles. The smallest absolute Gasteiger partial charge is 0.107 e. The first-order chi connectivity index (χ1) is 3.39. The first-order valence-electron chi connectivity index (χ1n) is 2.42. The summed E-state index contributed by atoms with van der Waals surface area (Å²) >= 11 is 1.94. The van der Waals surface area contributed by atoms with E-state index >= 15 is 0 Å². The van der Waals surface area contributed by atoms with E-state index in [1.807, 2.05) is 11.8 Å². The molecule has 0 bridgehead atoms. The Morgan fingerprint density at radius 1 is 1.71 bits per heavy atom. The summed E-state index contributed by atoms with van der Waals surface area (Å²) in [4.78, 5) is 0. The van der Waals surface area contributed by atoms with Gasteiger partial charge in [0.1, 0.15) is 7.85 Å². The largest absolute Gasteiger partial charge is 0.158 e. The van der Waals surface area contributed by atoms with Gasteiger partial charge in [0.2, 0.25) is 0 Å². The van der Waals surface area contributed by atoms with Crippen LogP contribution in [0.4, 0.5) is 0 Å². The first kappa shape index (κ1) is 5.29. The molecule has 2 heteroatoms. The van der Waals surface area contributed by atoms with E-state index < -0.39 is 0 Å². The van der Waals surface area contributed by atoms with Crippen LogP contribution < -0.4 is 0 Å². The lowest BCUT2D eigenvalue weighted by Gasteiger charge is -2.05. The van der Waals surface area contributed by atoms with Gasteiger partial charge in [0.25, 0.3) is 0 Å². The Hall–Kier alpha value is 0.155. The molecule has 1 aliphatic rings. The fraction of sp³-hybridized carbons (Fsp3) is 0.600. The molecule has 0 spiro atoms. The Kier molecular flexibility index (Phi) is 1.86. The molecular formula is C5H7BS. The second-order valence-electron chi connectivity index (χ2n) is 1.60. The van der Waals surface area contributed by atoms with Crippen molar-refractivity contribution in [1.29, 1.82) is 0 Å². The number of hydrogen-bond acceptors (Lipinski definition) is 1. The summed E-state index contributed by atoms with van der Waals surface area (Å²) in [6, 6.07) is 0. The van der Waals surface area contributed by atoms with Gasteiger partial charge < -0.3 is 0 Å². The fourth-order valence-electron chi connectivity index (χ4n) is 0.541. The summed E-state index contributed by atoms with van der Waals surface area (Å²) in [5.41, 5.74) is 1.07. The van der Waals surface area contributed by atoms with Crippen LogP contribution in [0.1, 0.15) is 6.42 Å². The van der Waals surface area contributed by atoms with Gasteiger partial charge in [-0.05, 0) is 12.2 Å². The summed E-state index contributed by atoms with van der Waals surface area (Å²) in [6.45, 7) is 0. The highest BCUT2D eigenvalue weighted by Gasteiger charge is 1.95. The average molecular weight is 110 g/mol. The summed E-state index contributed by atoms with van der Waals surface area (Å²) < 4.78 is 0. The second-order valence-corrected chi connectivity index (χ2v) is 2.75. The zero-order chi connectivity index (χ0) is 5.11. The van der Waals surface area contributed by atoms with E-state index in [4.69, 9.17) is 7.85 Å². The van der Waals surface area contributed by atoms with Gasteiger partial charge in [-0.25, -0.2) is 0 Å². The number of thioether (sulfide) groups is 1. The summed E-state index contributed by atoms with van der Waals surface area (Å²) in [6.07, 6.45) is 3.18. The van der Waals surface area contributed by atoms with Crippen LogP contribution in [0, 0.1) is 0 Å². The molecule has 0 saturated carbocycles. The van der Waals surface area contributed by atoms with Crippen LogP contribution >= 0.6 is 11.8 Å². The van der Waals surface area contributed by atoms with Crippen molar-refractivity contribution in [2.45, 2.75) is 6.42 Å². The van der Waals surface area contributed by atoms with Crippen molar-refractivity contribution in [3.05, 3.63) is 11.5 Å². The van der Waals surface area contributed by atoms with E-state index in [0.29, 0.717) is 0 Å². The standard InChI is InChI=1S/C5H7BS/c6-5-1-3-7-4-2-5/h1H,2-4H2. The van der Waals surface area contributed by atoms with Crippen LogP contribution in [0.3, 0.4) is 0 Å². The predicted molar refractivity (Wildman–Crippen MR) is 35.8 cm³/mol. The number of hydrogen-bond donors (Lipinski definition) is 0. The minimum Gasteiger partial charge on any atom is -0.158 e. The lowest BCUT2D eigenvalue weighted by atomic mass is 9.93. The lowest BCUT2D eigenvalue weighted by molar-refractivity contribution is 1.19. The number of allylic oxidation sites excluding steroid dienone is 1. The molecule has 7 heavy (non-hydrogen) atoms. The van der Waals surface area contributed by atoms with Crippen molar-refractivity contribution in [2.24, 2.45) is 0 Å². The molecular weight excluding hydrogens is 103 g/mol. The van der Waals surface area contributed by atoms with Gasteiger partial charge in [-0.2, -0.15) is 11.8 Å². The van der Waals surface area contributed by atoms with E-state index in [2.05, 4.69) is 6.08 Å². The molecule has 0 atom stereocenters. The first-order valence-corrected chi connectivity index (χ1v) is 3.57. The van der Waals surface area contributed by atoms with Crippen LogP contribution in [0.5, 0.6) is 0 Å². The highest BCUT2D eigenvalue weighted by atomic mass is 32.2. The normalized spacial score (nSPS) is 21.4. The molecule has 0 aromatic rings. The van der Waals surface area contributed by atoms with Gasteiger partial charge in [-0.1, -0.05) is 6.08 Å². The van der Waals surface area contributed by atoms with E-state index in [1.54, 1.807) is 0 Å². The van der Waals surface area contributed by atoms with Crippen molar-refractivity contribution in [3.63, 3.8) is 0 Å². The third kappa shape index (κ3) is 1.60. The third-order valence-corrected chi connectivity index (χ3v) is 1.89. The molecule has 0 nitrogen and oxygen atoms in total. The Morgan fingerprint density at radius 3 is 2.86 bits per heavy atom. The lowest BCUT2D eigenvalue weighted by Crippen LogP contribution is -1.93. The summed E-state index contributed by atoms with van der Waals surface area (Å²) in [5.74, 6) is 2.33. The van der Waals surface area contributed by atoms with Crippen molar-refractivity contribution >= 4 is 19.6 Å². The van der Waals surface area contributed by atoms with Crippen molar-refractivity contribution in [2.75, 3.05) is 11.5 Å². The Labute approximate surface area is 49.8 Å². The maximum atomic E-state index is 5.48. The van der Waals surface area contributed by atoms with Gasteiger partial charge in [-0.3, -0.25) is 0 Å². The van der Waals surface area contributed by atoms with Crippen LogP contribution in [0.2, 0.25) is 0 Å². The van der Waals surface area contributed by atoms with E-state index in [-0.39, 0.29) is 0 Å². The topological polar surface area (TPSA) is 0 Å². The van der Waals surface area contributed by atoms with Crippen LogP contribution in [-0.4, -0.2) is 19.4 Å². The van der Waals surface area contributed by atoms with Crippen molar-refractivity contribution < 1.29 is 0 Å². The minimum atomic E-state index is 1.07. The van der Waals surface area contributed by atoms with Crippen molar-refractivity contribution in [1.82, 2.24) is 0 Å². The van der Waals surface area contributed by atoms with Crippen LogP contribution in [-0.2, 0) is 0 Å². The van der Waals surface area contributed by atoms with Crippen LogP contribution in [0.15, 0.2) is 11.5 Å². The van der Waals surface area contributed by atoms with E-state index in [9.17, 15) is 0 Å². The SMILES string of the molecule is [B]C1=CCSCC1. The quantitative estimate of drug-likeness (QED) is 0.422. The minimum absolute atomic E-state index is 1.07. The molecule has 0 fully saturated rings. The zero-order valence-electron chi connectivity index (χ0n) is 4.18. The van der Waals surface area contributed by atoms with Gasteiger partial charge in [0.05, 0.1) is 0 Å². The zero-order valence-corrected chi connectivity index (χ0v) is 5.00. The maximum absolute atomic E-state index is 5.48. The highest BCUT2D eigenvalue weighted by molar-refractivity contribution is 7.99. The van der Waals surface area contributed by atoms with Gasteiger partial charge >= 0.3 is 0 Å². The maximum Gasteiger partial charge on any atom is 0.107 e. The van der Waals surface area contributed by atoms with E-state index in [1.165, 1.54) is 5.75 Å². The predicted octanol–water partition coefficient (Wildman–Crippen LogP) is 1.18. The molecule has 0 amide bonds. The molecule has 1 aliphatic heterocycles. The van der Waals surface area contributed by atoms with E-state index in [0.717, 1.165) is 17.6 Å². The van der Waals surface area contributed by atoms with Gasteiger partial charge in [0.15, 0.2) is 0 Å². The second kappa shape index (κ2) is 2.46. The van der Waals surface area contributed by atoms with Gasteiger partial charge in [-0.15, -0.1) is 5.47 Å². The molecule has 0 saturated heterocycles. The molecule has 36 valence electrons. The Bertz CT molecular complexity index is 88.1. The summed E-state index contributed by atoms with van der Waals surface area (Å²) in [5, 5.41) is 0. The van der Waals surface area contributed by atoms with Crippen LogP contribution in [0.25, 0.3) is 0 Å².